The predicted octanol–water partition coefficient (Wildman–Crippen LogP) is 2.35. The molecular weight excluding hydrogens is 277 g/mol. The van der Waals surface area contributed by atoms with E-state index in [1.165, 1.54) is 7.11 Å². The molecule has 1 amide bonds. The Balaban J connectivity index is 2.36. The molecule has 1 heterocycles. The Morgan fingerprint density at radius 2 is 2.17 bits per heavy atom. The van der Waals surface area contributed by atoms with Crippen molar-refractivity contribution in [1.29, 1.82) is 0 Å². The Labute approximate surface area is 115 Å². The summed E-state index contributed by atoms with van der Waals surface area (Å²) in [5.74, 6) is 0.367. The molecule has 0 aliphatic carbocycles. The average Bonchev–Trinajstić information content (AvgIpc) is 2.71. The first-order valence-corrected chi connectivity index (χ1v) is 6.26. The van der Waals surface area contributed by atoms with E-state index in [0.29, 0.717) is 34.4 Å². The van der Waals surface area contributed by atoms with E-state index in [0.717, 1.165) is 0 Å². The summed E-state index contributed by atoms with van der Waals surface area (Å²) in [6.45, 7) is 0.449. The summed E-state index contributed by atoms with van der Waals surface area (Å²) in [5, 5.41) is 9.90. The highest BCUT2D eigenvalue weighted by molar-refractivity contribution is 6.37. The standard InChI is InChI=1S/C12H13Cl2NO3/c1-18-11-4-10(8(13)3-9(11)14)15-5-7(6-16)2-12(15)17/h3-4,7,16H,2,5-6H2,1H3. The maximum atomic E-state index is 11.9. The van der Waals surface area contributed by atoms with Gasteiger partial charge in [-0.3, -0.25) is 4.79 Å². The van der Waals surface area contributed by atoms with Gasteiger partial charge in [0, 0.05) is 31.6 Å². The molecule has 1 N–H and O–H groups in total. The van der Waals surface area contributed by atoms with Crippen LogP contribution in [-0.4, -0.2) is 31.3 Å². The van der Waals surface area contributed by atoms with Crippen molar-refractivity contribution < 1.29 is 14.6 Å². The second kappa shape index (κ2) is 5.34. The third-order valence-corrected chi connectivity index (χ3v) is 3.57. The van der Waals surface area contributed by atoms with Gasteiger partial charge < -0.3 is 14.7 Å². The van der Waals surface area contributed by atoms with Crippen LogP contribution in [0.3, 0.4) is 0 Å². The fraction of sp³-hybridized carbons (Fsp3) is 0.417. The number of methoxy groups -OCH3 is 1. The second-order valence-corrected chi connectivity index (χ2v) is 5.01. The zero-order chi connectivity index (χ0) is 13.3. The van der Waals surface area contributed by atoms with Crippen LogP contribution in [0.1, 0.15) is 6.42 Å². The zero-order valence-corrected chi connectivity index (χ0v) is 11.3. The van der Waals surface area contributed by atoms with E-state index in [1.54, 1.807) is 17.0 Å². The summed E-state index contributed by atoms with van der Waals surface area (Å²) < 4.78 is 5.11. The van der Waals surface area contributed by atoms with E-state index in [9.17, 15) is 4.79 Å². The maximum Gasteiger partial charge on any atom is 0.227 e. The molecule has 1 atom stereocenters. The maximum absolute atomic E-state index is 11.9. The van der Waals surface area contributed by atoms with Crippen molar-refractivity contribution in [2.24, 2.45) is 5.92 Å². The smallest absolute Gasteiger partial charge is 0.227 e. The fourth-order valence-electron chi connectivity index (χ4n) is 2.02. The molecule has 1 aromatic rings. The molecule has 6 heteroatoms. The van der Waals surface area contributed by atoms with E-state index < -0.39 is 0 Å². The highest BCUT2D eigenvalue weighted by Crippen LogP contribution is 2.38. The molecule has 0 bridgehead atoms. The van der Waals surface area contributed by atoms with E-state index >= 15 is 0 Å². The van der Waals surface area contributed by atoms with Gasteiger partial charge in [-0.2, -0.15) is 0 Å². The Hall–Kier alpha value is -0.970. The summed E-state index contributed by atoms with van der Waals surface area (Å²) in [6, 6.07) is 3.19. The lowest BCUT2D eigenvalue weighted by Crippen LogP contribution is -2.25. The van der Waals surface area contributed by atoms with E-state index in [1.807, 2.05) is 0 Å². The first-order chi connectivity index (χ1) is 8.56. The molecule has 1 aromatic carbocycles. The third-order valence-electron chi connectivity index (χ3n) is 2.98. The number of halogens is 2. The number of anilines is 1. The van der Waals surface area contributed by atoms with Crippen molar-refractivity contribution in [3.63, 3.8) is 0 Å². The highest BCUT2D eigenvalue weighted by Gasteiger charge is 2.31. The number of amides is 1. The van der Waals surface area contributed by atoms with Gasteiger partial charge in [0.15, 0.2) is 0 Å². The average molecular weight is 290 g/mol. The molecule has 1 aliphatic rings. The Kier molecular flexibility index (Phi) is 4.00. The van der Waals surface area contributed by atoms with Gasteiger partial charge in [0.2, 0.25) is 5.91 Å². The van der Waals surface area contributed by atoms with Gasteiger partial charge in [0.25, 0.3) is 0 Å². The van der Waals surface area contributed by atoms with E-state index in [4.69, 9.17) is 33.0 Å². The Morgan fingerprint density at radius 3 is 2.72 bits per heavy atom. The minimum atomic E-state index is -0.0553. The second-order valence-electron chi connectivity index (χ2n) is 4.20. The van der Waals surface area contributed by atoms with E-state index in [-0.39, 0.29) is 18.4 Å². The van der Waals surface area contributed by atoms with Crippen molar-refractivity contribution in [2.75, 3.05) is 25.2 Å². The van der Waals surface area contributed by atoms with Gasteiger partial charge in [-0.05, 0) is 6.07 Å². The Bertz CT molecular complexity index is 479. The number of nitrogens with zero attached hydrogens (tertiary/aromatic N) is 1. The number of rotatable bonds is 3. The van der Waals surface area contributed by atoms with Crippen molar-refractivity contribution in [3.8, 4) is 5.75 Å². The lowest BCUT2D eigenvalue weighted by atomic mass is 10.1. The highest BCUT2D eigenvalue weighted by atomic mass is 35.5. The predicted molar refractivity (Wildman–Crippen MR) is 70.6 cm³/mol. The van der Waals surface area contributed by atoms with Crippen LogP contribution < -0.4 is 9.64 Å². The molecule has 1 unspecified atom stereocenters. The number of ether oxygens (including phenoxy) is 1. The molecule has 18 heavy (non-hydrogen) atoms. The van der Waals surface area contributed by atoms with Crippen LogP contribution in [0.4, 0.5) is 5.69 Å². The first-order valence-electron chi connectivity index (χ1n) is 5.51. The van der Waals surface area contributed by atoms with Crippen molar-refractivity contribution in [2.45, 2.75) is 6.42 Å². The molecule has 0 spiro atoms. The Morgan fingerprint density at radius 1 is 1.44 bits per heavy atom. The molecule has 0 saturated carbocycles. The molecule has 2 rings (SSSR count). The molecule has 1 aliphatic heterocycles. The number of aliphatic hydroxyl groups is 1. The topological polar surface area (TPSA) is 49.8 Å². The minimum Gasteiger partial charge on any atom is -0.495 e. The summed E-state index contributed by atoms with van der Waals surface area (Å²) >= 11 is 12.0. The fourth-order valence-corrected chi connectivity index (χ4v) is 2.58. The SMILES string of the molecule is COc1cc(N2CC(CO)CC2=O)c(Cl)cc1Cl. The summed E-state index contributed by atoms with van der Waals surface area (Å²) in [4.78, 5) is 13.4. The number of benzene rings is 1. The van der Waals surface area contributed by atoms with Gasteiger partial charge in [0.05, 0.1) is 22.8 Å². The van der Waals surface area contributed by atoms with Crippen LogP contribution in [0.2, 0.25) is 10.0 Å². The van der Waals surface area contributed by atoms with Gasteiger partial charge in [0.1, 0.15) is 5.75 Å². The van der Waals surface area contributed by atoms with Gasteiger partial charge in [-0.1, -0.05) is 23.2 Å². The van der Waals surface area contributed by atoms with Crippen molar-refractivity contribution in [1.82, 2.24) is 0 Å². The molecule has 0 aromatic heterocycles. The van der Waals surface area contributed by atoms with Gasteiger partial charge in [-0.25, -0.2) is 0 Å². The summed E-state index contributed by atoms with van der Waals surface area (Å²) in [5.41, 5.74) is 0.568. The molecule has 1 saturated heterocycles. The van der Waals surface area contributed by atoms with Crippen molar-refractivity contribution >= 4 is 34.8 Å². The number of aliphatic hydroxyl groups excluding tert-OH is 1. The largest absolute Gasteiger partial charge is 0.495 e. The van der Waals surface area contributed by atoms with Crippen LogP contribution in [0.25, 0.3) is 0 Å². The normalized spacial score (nSPS) is 19.4. The minimum absolute atomic E-state index is 0.00934. The summed E-state index contributed by atoms with van der Waals surface area (Å²) in [6.07, 6.45) is 0.331. The number of hydrogen-bond donors (Lipinski definition) is 1. The third kappa shape index (κ3) is 2.41. The molecule has 1 fully saturated rings. The van der Waals surface area contributed by atoms with Crippen molar-refractivity contribution in [3.05, 3.63) is 22.2 Å². The zero-order valence-electron chi connectivity index (χ0n) is 9.82. The molecule has 98 valence electrons. The lowest BCUT2D eigenvalue weighted by Gasteiger charge is -2.19. The van der Waals surface area contributed by atoms with Crippen LogP contribution in [0.15, 0.2) is 12.1 Å². The first kappa shape index (κ1) is 13.5. The number of hydrogen-bond acceptors (Lipinski definition) is 3. The summed E-state index contributed by atoms with van der Waals surface area (Å²) in [7, 11) is 1.50. The van der Waals surface area contributed by atoms with Crippen LogP contribution in [0, 0.1) is 5.92 Å². The van der Waals surface area contributed by atoms with Crippen LogP contribution in [0.5, 0.6) is 5.75 Å². The molecule has 0 radical (unpaired) electrons. The number of carbonyl (C=O) groups excluding carboxylic acids is 1. The van der Waals surface area contributed by atoms with Crippen LogP contribution >= 0.6 is 23.2 Å². The quantitative estimate of drug-likeness (QED) is 0.929. The monoisotopic (exact) mass is 289 g/mol. The number of carbonyl (C=O) groups is 1. The lowest BCUT2D eigenvalue weighted by molar-refractivity contribution is -0.117. The van der Waals surface area contributed by atoms with Gasteiger partial charge in [-0.15, -0.1) is 0 Å². The van der Waals surface area contributed by atoms with Gasteiger partial charge >= 0.3 is 0 Å². The molecular formula is C12H13Cl2NO3. The molecule has 4 nitrogen and oxygen atoms in total. The van der Waals surface area contributed by atoms with Crippen LogP contribution in [-0.2, 0) is 4.79 Å². The van der Waals surface area contributed by atoms with E-state index in [2.05, 4.69) is 0 Å².